The minimum Gasteiger partial charge on any atom is -0.383 e. The molecule has 1 rings (SSSR count). The van der Waals surface area contributed by atoms with Crippen molar-refractivity contribution in [3.05, 3.63) is 18.0 Å². The number of nitrogens with zero attached hydrogens (tertiary/aromatic N) is 3. The molecule has 0 aliphatic carbocycles. The number of aryl methyl sites for hydroxylation is 1. The normalized spacial score (nSPS) is 15.0. The molecule has 0 aliphatic rings. The monoisotopic (exact) mass is 254 g/mol. The van der Waals surface area contributed by atoms with Gasteiger partial charge < -0.3 is 10.5 Å². The Bertz CT molecular complexity index is 339. The van der Waals surface area contributed by atoms with Crippen molar-refractivity contribution >= 4 is 0 Å². The van der Waals surface area contributed by atoms with Crippen LogP contribution < -0.4 is 5.73 Å². The summed E-state index contributed by atoms with van der Waals surface area (Å²) in [7, 11) is 3.66. The molecule has 104 valence electrons. The smallest absolute Gasteiger partial charge is 0.0589 e. The van der Waals surface area contributed by atoms with Crippen molar-refractivity contribution in [2.75, 3.05) is 26.8 Å². The van der Waals surface area contributed by atoms with Crippen molar-refractivity contribution in [2.24, 2.45) is 12.8 Å². The summed E-state index contributed by atoms with van der Waals surface area (Å²) in [4.78, 5) is 2.36. The van der Waals surface area contributed by atoms with E-state index < -0.39 is 0 Å². The van der Waals surface area contributed by atoms with Crippen LogP contribution in [0.1, 0.15) is 31.9 Å². The number of ether oxygens (including phenoxy) is 1. The first-order chi connectivity index (χ1) is 8.63. The number of hydrogen-bond acceptors (Lipinski definition) is 4. The number of likely N-dealkylation sites (N-methyl/N-ethyl adjacent to an activating group) is 1. The van der Waals surface area contributed by atoms with Crippen LogP contribution in [0.4, 0.5) is 0 Å². The molecule has 5 nitrogen and oxygen atoms in total. The highest BCUT2D eigenvalue weighted by Gasteiger charge is 2.25. The van der Waals surface area contributed by atoms with E-state index in [9.17, 15) is 0 Å². The third-order valence-electron chi connectivity index (χ3n) is 3.33. The van der Waals surface area contributed by atoms with Crippen molar-refractivity contribution in [2.45, 2.75) is 32.4 Å². The van der Waals surface area contributed by atoms with Gasteiger partial charge >= 0.3 is 0 Å². The molecule has 0 fully saturated rings. The Labute approximate surface area is 110 Å². The lowest BCUT2D eigenvalue weighted by molar-refractivity contribution is 0.112. The second-order valence-corrected chi connectivity index (χ2v) is 4.59. The van der Waals surface area contributed by atoms with Gasteiger partial charge in [0.1, 0.15) is 0 Å². The summed E-state index contributed by atoms with van der Waals surface area (Å²) in [5, 5.41) is 4.25. The third kappa shape index (κ3) is 3.80. The van der Waals surface area contributed by atoms with E-state index in [1.807, 2.05) is 17.9 Å². The second kappa shape index (κ2) is 7.51. The fraction of sp³-hybridized carbons (Fsp3) is 0.769. The van der Waals surface area contributed by atoms with Gasteiger partial charge in [-0.15, -0.1) is 0 Å². The maximum absolute atomic E-state index is 6.29. The molecule has 2 unspecified atom stereocenters. The molecule has 18 heavy (non-hydrogen) atoms. The molecule has 0 amide bonds. The standard InChI is InChI=1S/C13H26N4O/c1-5-12(14)13(11-9-15-16(3)10-11)17(6-2)7-8-18-4/h9-10,12-13H,5-8,14H2,1-4H3. The van der Waals surface area contributed by atoms with E-state index in [0.717, 1.165) is 26.1 Å². The molecule has 5 heteroatoms. The Morgan fingerprint density at radius 3 is 2.67 bits per heavy atom. The lowest BCUT2D eigenvalue weighted by Gasteiger charge is -2.33. The SMILES string of the molecule is CCC(N)C(c1cnn(C)c1)N(CC)CCOC. The molecule has 1 aromatic rings. The highest BCUT2D eigenvalue weighted by molar-refractivity contribution is 5.13. The zero-order valence-electron chi connectivity index (χ0n) is 12.0. The van der Waals surface area contributed by atoms with Crippen LogP contribution >= 0.6 is 0 Å². The van der Waals surface area contributed by atoms with Crippen LogP contribution in [0.3, 0.4) is 0 Å². The molecular formula is C13H26N4O. The Balaban J connectivity index is 2.88. The lowest BCUT2D eigenvalue weighted by Crippen LogP contribution is -2.42. The van der Waals surface area contributed by atoms with Crippen molar-refractivity contribution in [1.82, 2.24) is 14.7 Å². The molecular weight excluding hydrogens is 228 g/mol. The van der Waals surface area contributed by atoms with Gasteiger partial charge in [-0.3, -0.25) is 9.58 Å². The van der Waals surface area contributed by atoms with Gasteiger partial charge in [-0.05, 0) is 13.0 Å². The Kier molecular flexibility index (Phi) is 6.32. The highest BCUT2D eigenvalue weighted by Crippen LogP contribution is 2.24. The average Bonchev–Trinajstić information content (AvgIpc) is 2.79. The maximum Gasteiger partial charge on any atom is 0.0589 e. The van der Waals surface area contributed by atoms with Gasteiger partial charge in [0.05, 0.1) is 18.8 Å². The van der Waals surface area contributed by atoms with E-state index in [2.05, 4.69) is 30.0 Å². The van der Waals surface area contributed by atoms with Crippen LogP contribution in [0.15, 0.2) is 12.4 Å². The fourth-order valence-corrected chi connectivity index (χ4v) is 2.25. The van der Waals surface area contributed by atoms with Gasteiger partial charge in [0.15, 0.2) is 0 Å². The van der Waals surface area contributed by atoms with Gasteiger partial charge in [0.2, 0.25) is 0 Å². The first kappa shape index (κ1) is 15.1. The Hall–Kier alpha value is -0.910. The molecule has 0 saturated heterocycles. The summed E-state index contributed by atoms with van der Waals surface area (Å²) in [5.41, 5.74) is 7.47. The largest absolute Gasteiger partial charge is 0.383 e. The number of aromatic nitrogens is 2. The molecule has 2 atom stereocenters. The second-order valence-electron chi connectivity index (χ2n) is 4.59. The summed E-state index contributed by atoms with van der Waals surface area (Å²) in [6, 6.07) is 0.329. The molecule has 2 N–H and O–H groups in total. The molecule has 0 aromatic carbocycles. The van der Waals surface area contributed by atoms with E-state index >= 15 is 0 Å². The molecule has 0 saturated carbocycles. The van der Waals surface area contributed by atoms with Crippen LogP contribution in [-0.4, -0.2) is 47.5 Å². The third-order valence-corrected chi connectivity index (χ3v) is 3.33. The van der Waals surface area contributed by atoms with Gasteiger partial charge in [-0.2, -0.15) is 5.10 Å². The van der Waals surface area contributed by atoms with Gasteiger partial charge in [0, 0.05) is 38.5 Å². The topological polar surface area (TPSA) is 56.3 Å². The van der Waals surface area contributed by atoms with Gasteiger partial charge in [-0.1, -0.05) is 13.8 Å². The zero-order valence-corrected chi connectivity index (χ0v) is 12.0. The van der Waals surface area contributed by atoms with Crippen molar-refractivity contribution in [3.63, 3.8) is 0 Å². The molecule has 0 spiro atoms. The molecule has 1 aromatic heterocycles. The van der Waals surface area contributed by atoms with Crippen molar-refractivity contribution < 1.29 is 4.74 Å². The molecule has 1 heterocycles. The van der Waals surface area contributed by atoms with Crippen LogP contribution in [0.25, 0.3) is 0 Å². The summed E-state index contributed by atoms with van der Waals surface area (Å²) in [5.74, 6) is 0. The number of methoxy groups -OCH3 is 1. The Morgan fingerprint density at radius 1 is 1.50 bits per heavy atom. The molecule has 0 bridgehead atoms. The van der Waals surface area contributed by atoms with E-state index in [1.54, 1.807) is 7.11 Å². The van der Waals surface area contributed by atoms with Crippen LogP contribution in [-0.2, 0) is 11.8 Å². The number of hydrogen-bond donors (Lipinski definition) is 1. The maximum atomic E-state index is 6.29. The van der Waals surface area contributed by atoms with Gasteiger partial charge in [0.25, 0.3) is 0 Å². The lowest BCUT2D eigenvalue weighted by atomic mass is 9.99. The van der Waals surface area contributed by atoms with Crippen LogP contribution in [0.2, 0.25) is 0 Å². The molecule has 0 aliphatic heterocycles. The van der Waals surface area contributed by atoms with Crippen LogP contribution in [0, 0.1) is 0 Å². The first-order valence-electron chi connectivity index (χ1n) is 6.61. The van der Waals surface area contributed by atoms with E-state index in [0.29, 0.717) is 0 Å². The van der Waals surface area contributed by atoms with Crippen LogP contribution in [0.5, 0.6) is 0 Å². The summed E-state index contributed by atoms with van der Waals surface area (Å²) in [6.45, 7) is 6.84. The summed E-state index contributed by atoms with van der Waals surface area (Å²) >= 11 is 0. The van der Waals surface area contributed by atoms with E-state index in [4.69, 9.17) is 10.5 Å². The van der Waals surface area contributed by atoms with Gasteiger partial charge in [-0.25, -0.2) is 0 Å². The predicted octanol–water partition coefficient (Wildman–Crippen LogP) is 1.17. The Morgan fingerprint density at radius 2 is 2.22 bits per heavy atom. The quantitative estimate of drug-likeness (QED) is 0.756. The summed E-state index contributed by atoms with van der Waals surface area (Å²) < 4.78 is 7.00. The van der Waals surface area contributed by atoms with Crippen molar-refractivity contribution in [3.8, 4) is 0 Å². The number of nitrogens with two attached hydrogens (primary N) is 1. The number of rotatable bonds is 8. The zero-order chi connectivity index (χ0) is 13.5. The fourth-order valence-electron chi connectivity index (χ4n) is 2.25. The predicted molar refractivity (Wildman–Crippen MR) is 73.3 cm³/mol. The average molecular weight is 254 g/mol. The first-order valence-corrected chi connectivity index (χ1v) is 6.61. The minimum atomic E-state index is 0.117. The van der Waals surface area contributed by atoms with E-state index in [-0.39, 0.29) is 12.1 Å². The summed E-state index contributed by atoms with van der Waals surface area (Å²) in [6.07, 6.45) is 4.91. The minimum absolute atomic E-state index is 0.117. The van der Waals surface area contributed by atoms with E-state index in [1.165, 1.54) is 5.56 Å². The van der Waals surface area contributed by atoms with Crippen molar-refractivity contribution in [1.29, 1.82) is 0 Å². The highest BCUT2D eigenvalue weighted by atomic mass is 16.5. The molecule has 0 radical (unpaired) electrons.